The number of anilines is 1. The van der Waals surface area contributed by atoms with Gasteiger partial charge in [0.15, 0.2) is 5.13 Å². The fourth-order valence-corrected chi connectivity index (χ4v) is 5.81. The number of thiazole rings is 1. The molecule has 2 saturated heterocycles. The van der Waals surface area contributed by atoms with E-state index >= 15 is 0 Å². The molecule has 0 aliphatic carbocycles. The highest BCUT2D eigenvalue weighted by molar-refractivity contribution is 7.89. The van der Waals surface area contributed by atoms with Crippen LogP contribution in [0.15, 0.2) is 22.5 Å². The van der Waals surface area contributed by atoms with E-state index in [0.29, 0.717) is 51.6 Å². The van der Waals surface area contributed by atoms with E-state index in [-0.39, 0.29) is 10.8 Å². The summed E-state index contributed by atoms with van der Waals surface area (Å²) in [5.41, 5.74) is 1.30. The fourth-order valence-electron chi connectivity index (χ4n) is 3.55. The van der Waals surface area contributed by atoms with Crippen LogP contribution in [0.4, 0.5) is 5.13 Å². The van der Waals surface area contributed by atoms with E-state index in [1.165, 1.54) is 16.6 Å². The lowest BCUT2D eigenvalue weighted by molar-refractivity contribution is 0.0730. The number of morpholine rings is 1. The van der Waals surface area contributed by atoms with Crippen molar-refractivity contribution in [1.82, 2.24) is 19.2 Å². The molecule has 1 amide bonds. The summed E-state index contributed by atoms with van der Waals surface area (Å²) in [5.74, 6) is -0.175. The molecule has 0 saturated carbocycles. The van der Waals surface area contributed by atoms with Crippen molar-refractivity contribution in [3.05, 3.63) is 29.0 Å². The van der Waals surface area contributed by atoms with Gasteiger partial charge >= 0.3 is 0 Å². The van der Waals surface area contributed by atoms with Crippen LogP contribution in [-0.4, -0.2) is 86.0 Å². The molecule has 0 unspecified atom stereocenters. The Hall–Kier alpha value is -1.95. The minimum Gasteiger partial charge on any atom is -0.379 e. The Labute approximate surface area is 174 Å². The van der Waals surface area contributed by atoms with E-state index in [4.69, 9.17) is 4.74 Å². The number of nitrogens with one attached hydrogen (secondary N) is 1. The second-order valence-electron chi connectivity index (χ2n) is 7.17. The Kier molecular flexibility index (Phi) is 5.91. The molecule has 2 aromatic heterocycles. The van der Waals surface area contributed by atoms with Gasteiger partial charge in [-0.2, -0.15) is 4.31 Å². The van der Waals surface area contributed by atoms with Crippen LogP contribution in [0.25, 0.3) is 0 Å². The normalized spacial score (nSPS) is 19.3. The van der Waals surface area contributed by atoms with Crippen molar-refractivity contribution in [2.75, 3.05) is 57.4 Å². The van der Waals surface area contributed by atoms with Crippen LogP contribution in [0.1, 0.15) is 22.6 Å². The molecule has 0 spiro atoms. The zero-order valence-corrected chi connectivity index (χ0v) is 18.0. The summed E-state index contributed by atoms with van der Waals surface area (Å²) in [6.45, 7) is 6.16. The van der Waals surface area contributed by atoms with Crippen LogP contribution in [0, 0.1) is 6.92 Å². The van der Waals surface area contributed by atoms with Crippen molar-refractivity contribution in [3.63, 3.8) is 0 Å². The van der Waals surface area contributed by atoms with Gasteiger partial charge in [-0.25, -0.2) is 13.4 Å². The number of sulfonamides is 1. The number of ether oxygens (including phenoxy) is 1. The first-order chi connectivity index (χ1) is 13.9. The lowest BCUT2D eigenvalue weighted by atomic mass is 10.3. The second-order valence-corrected chi connectivity index (χ2v) is 9.94. The van der Waals surface area contributed by atoms with E-state index in [0.717, 1.165) is 23.8 Å². The van der Waals surface area contributed by atoms with Gasteiger partial charge in [-0.05, 0) is 19.4 Å². The highest BCUT2D eigenvalue weighted by Crippen LogP contribution is 2.23. The van der Waals surface area contributed by atoms with Crippen LogP contribution in [0.2, 0.25) is 0 Å². The van der Waals surface area contributed by atoms with Crippen LogP contribution in [0.5, 0.6) is 0 Å². The number of aromatic nitrogens is 2. The highest BCUT2D eigenvalue weighted by Gasteiger charge is 2.29. The number of carbonyl (C=O) groups is 1. The first kappa shape index (κ1) is 20.3. The molecule has 2 aliphatic heterocycles. The van der Waals surface area contributed by atoms with Gasteiger partial charge in [0.2, 0.25) is 10.0 Å². The van der Waals surface area contributed by atoms with E-state index < -0.39 is 10.0 Å². The van der Waals surface area contributed by atoms with Crippen LogP contribution >= 0.6 is 11.3 Å². The molecule has 158 valence electrons. The molecule has 0 bridgehead atoms. The molecule has 29 heavy (non-hydrogen) atoms. The Bertz CT molecular complexity index is 965. The lowest BCUT2D eigenvalue weighted by Crippen LogP contribution is -2.40. The summed E-state index contributed by atoms with van der Waals surface area (Å²) in [7, 11) is -3.62. The largest absolute Gasteiger partial charge is 0.379 e. The maximum atomic E-state index is 13.0. The molecular weight excluding hydrogens is 414 g/mol. The summed E-state index contributed by atoms with van der Waals surface area (Å²) in [6.07, 6.45) is 2.24. The number of H-pyrrole nitrogens is 1. The van der Waals surface area contributed by atoms with E-state index in [1.54, 1.807) is 16.2 Å². The van der Waals surface area contributed by atoms with Crippen LogP contribution < -0.4 is 4.90 Å². The molecule has 2 aromatic rings. The molecule has 0 atom stereocenters. The summed E-state index contributed by atoms with van der Waals surface area (Å²) in [5, 5.41) is 3.01. The number of hydrogen-bond donors (Lipinski definition) is 1. The average Bonchev–Trinajstić information content (AvgIpc) is 3.32. The number of hydrogen-bond acceptors (Lipinski definition) is 7. The van der Waals surface area contributed by atoms with Crippen molar-refractivity contribution < 1.29 is 17.9 Å². The molecule has 0 aromatic carbocycles. The van der Waals surface area contributed by atoms with Gasteiger partial charge < -0.3 is 19.5 Å². The van der Waals surface area contributed by atoms with E-state index in [2.05, 4.69) is 14.9 Å². The van der Waals surface area contributed by atoms with Crippen molar-refractivity contribution in [2.45, 2.75) is 18.2 Å². The SMILES string of the molecule is Cc1csc(N2CCCN(C(=O)c3cc(S(=O)(=O)N4CCOCC4)c[nH]3)CC2)n1. The summed E-state index contributed by atoms with van der Waals surface area (Å²) >= 11 is 1.62. The van der Waals surface area contributed by atoms with Gasteiger partial charge in [-0.3, -0.25) is 4.79 Å². The van der Waals surface area contributed by atoms with E-state index in [1.807, 2.05) is 12.3 Å². The molecule has 2 aliphatic rings. The number of rotatable bonds is 4. The molecule has 4 rings (SSSR count). The van der Waals surface area contributed by atoms with Crippen LogP contribution in [-0.2, 0) is 14.8 Å². The second kappa shape index (κ2) is 8.42. The Balaban J connectivity index is 1.43. The van der Waals surface area contributed by atoms with Gasteiger partial charge in [0.1, 0.15) is 10.6 Å². The van der Waals surface area contributed by atoms with Gasteiger partial charge in [0.25, 0.3) is 5.91 Å². The standard InChI is InChI=1S/C18H25N5O4S2/c1-14-13-28-18(20-14)22-4-2-3-21(5-6-22)17(24)16-11-15(12-19-16)29(25,26)23-7-9-27-10-8-23/h11-13,19H,2-10H2,1H3. The number of aryl methyl sites for hydroxylation is 1. The van der Waals surface area contributed by atoms with Gasteiger partial charge in [-0.15, -0.1) is 11.3 Å². The average molecular weight is 440 g/mol. The van der Waals surface area contributed by atoms with Crippen molar-refractivity contribution in [2.24, 2.45) is 0 Å². The maximum absolute atomic E-state index is 13.0. The first-order valence-corrected chi connectivity index (χ1v) is 12.0. The summed E-state index contributed by atoms with van der Waals surface area (Å²) < 4.78 is 32.2. The van der Waals surface area contributed by atoms with Crippen molar-refractivity contribution in [1.29, 1.82) is 0 Å². The molecule has 1 N–H and O–H groups in total. The molecule has 0 radical (unpaired) electrons. The van der Waals surface area contributed by atoms with Gasteiger partial charge in [0, 0.05) is 50.8 Å². The zero-order valence-electron chi connectivity index (χ0n) is 16.3. The molecule has 11 heteroatoms. The van der Waals surface area contributed by atoms with Gasteiger partial charge in [0.05, 0.1) is 18.9 Å². The third-order valence-corrected chi connectivity index (χ3v) is 8.05. The quantitative estimate of drug-likeness (QED) is 0.767. The molecule has 9 nitrogen and oxygen atoms in total. The monoisotopic (exact) mass is 439 g/mol. The Morgan fingerprint density at radius 2 is 1.97 bits per heavy atom. The van der Waals surface area contributed by atoms with Crippen molar-refractivity contribution in [3.8, 4) is 0 Å². The lowest BCUT2D eigenvalue weighted by Gasteiger charge is -2.25. The molecule has 2 fully saturated rings. The number of aromatic amines is 1. The first-order valence-electron chi connectivity index (χ1n) is 9.68. The summed E-state index contributed by atoms with van der Waals surface area (Å²) in [4.78, 5) is 24.4. The van der Waals surface area contributed by atoms with Gasteiger partial charge in [-0.1, -0.05) is 0 Å². The smallest absolute Gasteiger partial charge is 0.270 e. The highest BCUT2D eigenvalue weighted by atomic mass is 32.2. The fraction of sp³-hybridized carbons (Fsp3) is 0.556. The third-order valence-electron chi connectivity index (χ3n) is 5.16. The maximum Gasteiger partial charge on any atom is 0.270 e. The van der Waals surface area contributed by atoms with Crippen LogP contribution in [0.3, 0.4) is 0 Å². The number of amides is 1. The predicted octanol–water partition coefficient (Wildman–Crippen LogP) is 1.15. The summed E-state index contributed by atoms with van der Waals surface area (Å²) in [6, 6.07) is 1.44. The topological polar surface area (TPSA) is 98.8 Å². The molecular formula is C18H25N5O4S2. The van der Waals surface area contributed by atoms with E-state index in [9.17, 15) is 13.2 Å². The Morgan fingerprint density at radius 1 is 1.17 bits per heavy atom. The number of carbonyl (C=O) groups excluding carboxylic acids is 1. The Morgan fingerprint density at radius 3 is 2.69 bits per heavy atom. The minimum absolute atomic E-state index is 0.123. The zero-order chi connectivity index (χ0) is 20.4. The molecule has 4 heterocycles. The van der Waals surface area contributed by atoms with Crippen molar-refractivity contribution >= 4 is 32.4 Å². The minimum atomic E-state index is -3.62. The third kappa shape index (κ3) is 4.32. The number of nitrogens with zero attached hydrogens (tertiary/aromatic N) is 4. The predicted molar refractivity (Wildman–Crippen MR) is 110 cm³/mol.